The lowest BCUT2D eigenvalue weighted by molar-refractivity contribution is -0.156. The van der Waals surface area contributed by atoms with E-state index in [2.05, 4.69) is 0 Å². The van der Waals surface area contributed by atoms with Gasteiger partial charge in [-0.15, -0.1) is 0 Å². The highest BCUT2D eigenvalue weighted by atomic mass is 35.5. The lowest BCUT2D eigenvalue weighted by Gasteiger charge is -2.32. The van der Waals surface area contributed by atoms with E-state index in [9.17, 15) is 9.59 Å². The fourth-order valence-electron chi connectivity index (χ4n) is 3.11. The highest BCUT2D eigenvalue weighted by Gasteiger charge is 2.43. The van der Waals surface area contributed by atoms with E-state index in [4.69, 9.17) is 21.4 Å². The van der Waals surface area contributed by atoms with Gasteiger partial charge in [0.1, 0.15) is 6.10 Å². The lowest BCUT2D eigenvalue weighted by Crippen LogP contribution is -2.42. The van der Waals surface area contributed by atoms with Crippen LogP contribution >= 0.6 is 11.6 Å². The molecule has 1 aromatic rings. The highest BCUT2D eigenvalue weighted by Crippen LogP contribution is 2.36. The summed E-state index contributed by atoms with van der Waals surface area (Å²) >= 11 is 5.93. The molecular weight excluding hydrogens is 318 g/mol. The van der Waals surface area contributed by atoms with Gasteiger partial charge in [0, 0.05) is 11.1 Å². The normalized spacial score (nSPS) is 25.1. The number of aliphatic carboxylic acids is 1. The molecule has 23 heavy (non-hydrogen) atoms. The number of rotatable bonds is 5. The average molecular weight is 338 g/mol. The van der Waals surface area contributed by atoms with Gasteiger partial charge in [-0.05, 0) is 50.3 Å². The number of carboxylic acid groups (broad SMARTS) is 1. The van der Waals surface area contributed by atoms with Crippen molar-refractivity contribution in [3.8, 4) is 0 Å². The van der Waals surface area contributed by atoms with E-state index in [1.807, 2.05) is 36.1 Å². The van der Waals surface area contributed by atoms with Crippen LogP contribution in [0.15, 0.2) is 24.3 Å². The quantitative estimate of drug-likeness (QED) is 0.896. The van der Waals surface area contributed by atoms with Crippen LogP contribution in [0.4, 0.5) is 0 Å². The summed E-state index contributed by atoms with van der Waals surface area (Å²) < 4.78 is 5.44. The van der Waals surface area contributed by atoms with Gasteiger partial charge >= 0.3 is 5.97 Å². The van der Waals surface area contributed by atoms with Crippen molar-refractivity contribution >= 4 is 23.5 Å². The van der Waals surface area contributed by atoms with Crippen LogP contribution in [0.3, 0.4) is 0 Å². The van der Waals surface area contributed by atoms with Crippen LogP contribution in [0.1, 0.15) is 44.2 Å². The van der Waals surface area contributed by atoms with Crippen molar-refractivity contribution in [2.45, 2.75) is 56.9 Å². The van der Waals surface area contributed by atoms with E-state index in [1.165, 1.54) is 0 Å². The molecule has 1 saturated carbocycles. The number of carbonyl (C=O) groups is 2. The second-order valence-corrected chi connectivity index (χ2v) is 6.67. The van der Waals surface area contributed by atoms with E-state index in [0.717, 1.165) is 18.4 Å². The number of hydrogen-bond acceptors (Lipinski definition) is 3. The van der Waals surface area contributed by atoms with Gasteiger partial charge in [0.25, 0.3) is 5.91 Å². The van der Waals surface area contributed by atoms with Crippen molar-refractivity contribution in [1.29, 1.82) is 0 Å². The zero-order valence-electron chi connectivity index (χ0n) is 12.9. The smallest absolute Gasteiger partial charge is 0.332 e. The number of nitrogens with zero attached hydrogens (tertiary/aromatic N) is 1. The van der Waals surface area contributed by atoms with Crippen LogP contribution in [0.5, 0.6) is 0 Å². The van der Waals surface area contributed by atoms with Gasteiger partial charge in [0.2, 0.25) is 0 Å². The third-order valence-electron chi connectivity index (χ3n) is 4.53. The summed E-state index contributed by atoms with van der Waals surface area (Å²) in [5, 5.41) is 9.68. The maximum absolute atomic E-state index is 12.9. The van der Waals surface area contributed by atoms with Gasteiger partial charge < -0.3 is 14.7 Å². The second-order valence-electron chi connectivity index (χ2n) is 6.23. The zero-order valence-corrected chi connectivity index (χ0v) is 13.7. The molecule has 1 unspecified atom stereocenters. The Morgan fingerprint density at radius 1 is 1.17 bits per heavy atom. The predicted octanol–water partition coefficient (Wildman–Crippen LogP) is 3.02. The molecule has 1 aliphatic heterocycles. The number of hydrogen-bond donors (Lipinski definition) is 1. The summed E-state index contributed by atoms with van der Waals surface area (Å²) in [5.74, 6) is -1.09. The monoisotopic (exact) mass is 337 g/mol. The van der Waals surface area contributed by atoms with Crippen molar-refractivity contribution in [2.24, 2.45) is 0 Å². The molecule has 2 fully saturated rings. The fraction of sp³-hybridized carbons (Fsp3) is 0.529. The third-order valence-corrected chi connectivity index (χ3v) is 4.79. The van der Waals surface area contributed by atoms with Crippen LogP contribution in [0.2, 0.25) is 5.02 Å². The first-order chi connectivity index (χ1) is 11.0. The molecule has 0 bridgehead atoms. The van der Waals surface area contributed by atoms with Crippen molar-refractivity contribution in [2.75, 3.05) is 0 Å². The number of benzene rings is 1. The largest absolute Gasteiger partial charge is 0.479 e. The molecule has 6 heteroatoms. The standard InChI is InChI=1S/C17H20ClNO4/c1-10(11-2-4-12(18)5-3-11)19(13-6-7-13)16(20)14-8-9-15(23-14)17(21)22/h2-5,10,13-15H,6-9H2,1H3,(H,21,22)/t10?,14-,15+/m0/s1. The Balaban J connectivity index is 1.75. The second kappa shape index (κ2) is 6.49. The number of halogens is 1. The number of ether oxygens (including phenoxy) is 1. The molecule has 1 saturated heterocycles. The van der Waals surface area contributed by atoms with E-state index in [0.29, 0.717) is 17.9 Å². The fourth-order valence-corrected chi connectivity index (χ4v) is 3.23. The SMILES string of the molecule is CC(c1ccc(Cl)cc1)N(C(=O)[C@@H]1CC[C@H](C(=O)O)O1)C1CC1. The Labute approximate surface area is 140 Å². The summed E-state index contributed by atoms with van der Waals surface area (Å²) in [6.07, 6.45) is 1.31. The summed E-state index contributed by atoms with van der Waals surface area (Å²) in [4.78, 5) is 25.7. The van der Waals surface area contributed by atoms with E-state index < -0.39 is 18.2 Å². The van der Waals surface area contributed by atoms with E-state index in [-0.39, 0.29) is 18.0 Å². The lowest BCUT2D eigenvalue weighted by atomic mass is 10.1. The minimum atomic E-state index is -0.996. The Kier molecular flexibility index (Phi) is 4.60. The van der Waals surface area contributed by atoms with Crippen LogP contribution < -0.4 is 0 Å². The first-order valence-corrected chi connectivity index (χ1v) is 8.31. The minimum absolute atomic E-state index is 0.0836. The Morgan fingerprint density at radius 2 is 1.78 bits per heavy atom. The molecule has 5 nitrogen and oxygen atoms in total. The molecule has 2 aliphatic rings. The molecular formula is C17H20ClNO4. The summed E-state index contributed by atoms with van der Waals surface area (Å²) in [7, 11) is 0. The predicted molar refractivity (Wildman–Crippen MR) is 85.3 cm³/mol. The van der Waals surface area contributed by atoms with Gasteiger partial charge in [-0.3, -0.25) is 4.79 Å². The summed E-state index contributed by atoms with van der Waals surface area (Å²) in [5.41, 5.74) is 1.02. The maximum atomic E-state index is 12.9. The van der Waals surface area contributed by atoms with Crippen molar-refractivity contribution < 1.29 is 19.4 Å². The molecule has 124 valence electrons. The van der Waals surface area contributed by atoms with Crippen molar-refractivity contribution in [3.05, 3.63) is 34.9 Å². The van der Waals surface area contributed by atoms with Gasteiger partial charge in [-0.2, -0.15) is 0 Å². The van der Waals surface area contributed by atoms with Crippen molar-refractivity contribution in [3.63, 3.8) is 0 Å². The Morgan fingerprint density at radius 3 is 2.30 bits per heavy atom. The first-order valence-electron chi connectivity index (χ1n) is 7.93. The topological polar surface area (TPSA) is 66.8 Å². The van der Waals surface area contributed by atoms with Gasteiger partial charge in [-0.1, -0.05) is 23.7 Å². The molecule has 1 aromatic carbocycles. The Hall–Kier alpha value is -1.59. The maximum Gasteiger partial charge on any atom is 0.332 e. The minimum Gasteiger partial charge on any atom is -0.479 e. The third kappa shape index (κ3) is 3.51. The van der Waals surface area contributed by atoms with Gasteiger partial charge in [0.15, 0.2) is 6.10 Å². The van der Waals surface area contributed by atoms with E-state index >= 15 is 0 Å². The number of carbonyl (C=O) groups excluding carboxylic acids is 1. The number of amides is 1. The van der Waals surface area contributed by atoms with E-state index in [1.54, 1.807) is 0 Å². The molecule has 3 rings (SSSR count). The zero-order chi connectivity index (χ0) is 16.6. The van der Waals surface area contributed by atoms with Gasteiger partial charge in [0.05, 0.1) is 6.04 Å². The highest BCUT2D eigenvalue weighted by molar-refractivity contribution is 6.30. The molecule has 1 aliphatic carbocycles. The first kappa shape index (κ1) is 16.3. The molecule has 3 atom stereocenters. The van der Waals surface area contributed by atoms with Crippen LogP contribution in [-0.4, -0.2) is 40.1 Å². The average Bonchev–Trinajstić information content (AvgIpc) is 3.22. The Bertz CT molecular complexity index is 599. The molecule has 0 spiro atoms. The van der Waals surface area contributed by atoms with Crippen LogP contribution in [0.25, 0.3) is 0 Å². The van der Waals surface area contributed by atoms with Crippen LogP contribution in [0, 0.1) is 0 Å². The van der Waals surface area contributed by atoms with Gasteiger partial charge in [-0.25, -0.2) is 4.79 Å². The molecule has 1 amide bonds. The number of carboxylic acids is 1. The summed E-state index contributed by atoms with van der Waals surface area (Å²) in [6.45, 7) is 1.99. The molecule has 0 aromatic heterocycles. The van der Waals surface area contributed by atoms with Crippen LogP contribution in [-0.2, 0) is 14.3 Å². The molecule has 1 N–H and O–H groups in total. The summed E-state index contributed by atoms with van der Waals surface area (Å²) in [6, 6.07) is 7.61. The molecule has 1 heterocycles. The molecule has 0 radical (unpaired) electrons. The van der Waals surface area contributed by atoms with Crippen molar-refractivity contribution in [1.82, 2.24) is 4.90 Å².